The summed E-state index contributed by atoms with van der Waals surface area (Å²) in [6.45, 7) is 4.87. The van der Waals surface area contributed by atoms with Crippen LogP contribution in [-0.4, -0.2) is 53.8 Å². The molecule has 2 fully saturated rings. The van der Waals surface area contributed by atoms with Crippen LogP contribution >= 0.6 is 12.4 Å². The molecule has 2 unspecified atom stereocenters. The normalized spacial score (nSPS) is 25.8. The number of carbonyl (C=O) groups excluding carboxylic acids is 2. The Kier molecular flexibility index (Phi) is 6.47. The van der Waals surface area contributed by atoms with Crippen molar-refractivity contribution in [2.75, 3.05) is 26.2 Å². The maximum atomic E-state index is 12.9. The molecule has 5 nitrogen and oxygen atoms in total. The van der Waals surface area contributed by atoms with Crippen LogP contribution in [0, 0.1) is 5.41 Å². The molecule has 0 bridgehead atoms. The fourth-order valence-corrected chi connectivity index (χ4v) is 3.78. The van der Waals surface area contributed by atoms with Crippen molar-refractivity contribution in [3.63, 3.8) is 0 Å². The Labute approximate surface area is 155 Å². The monoisotopic (exact) mass is 365 g/mol. The van der Waals surface area contributed by atoms with Crippen molar-refractivity contribution < 1.29 is 9.59 Å². The lowest BCUT2D eigenvalue weighted by Crippen LogP contribution is -2.48. The Morgan fingerprint density at radius 3 is 2.60 bits per heavy atom. The minimum atomic E-state index is -0.290. The highest BCUT2D eigenvalue weighted by molar-refractivity contribution is 5.89. The first kappa shape index (κ1) is 19.7. The second kappa shape index (κ2) is 8.19. The Morgan fingerprint density at radius 1 is 1.24 bits per heavy atom. The SMILES string of the molecule is CC1(CN)CCN(C(=O)C2CCCN2C(=O)Cc2ccccc2)C1.Cl. The minimum Gasteiger partial charge on any atom is -0.340 e. The van der Waals surface area contributed by atoms with Gasteiger partial charge in [-0.3, -0.25) is 9.59 Å². The van der Waals surface area contributed by atoms with E-state index in [2.05, 4.69) is 6.92 Å². The lowest BCUT2D eigenvalue weighted by atomic mass is 9.90. The molecule has 2 atom stereocenters. The summed E-state index contributed by atoms with van der Waals surface area (Å²) in [5.74, 6) is 0.156. The highest BCUT2D eigenvalue weighted by Crippen LogP contribution is 2.30. The van der Waals surface area contributed by atoms with Crippen molar-refractivity contribution in [1.82, 2.24) is 9.80 Å². The lowest BCUT2D eigenvalue weighted by molar-refractivity contribution is -0.143. The first-order valence-corrected chi connectivity index (χ1v) is 8.85. The van der Waals surface area contributed by atoms with Gasteiger partial charge in [-0.05, 0) is 36.8 Å². The Balaban J connectivity index is 0.00000225. The number of halogens is 1. The van der Waals surface area contributed by atoms with E-state index in [0.29, 0.717) is 26.1 Å². The highest BCUT2D eigenvalue weighted by atomic mass is 35.5. The average molecular weight is 366 g/mol. The van der Waals surface area contributed by atoms with Crippen LogP contribution in [0.15, 0.2) is 30.3 Å². The molecule has 0 aliphatic carbocycles. The van der Waals surface area contributed by atoms with E-state index in [4.69, 9.17) is 5.73 Å². The van der Waals surface area contributed by atoms with E-state index in [0.717, 1.165) is 31.4 Å². The van der Waals surface area contributed by atoms with Gasteiger partial charge >= 0.3 is 0 Å². The number of amides is 2. The molecule has 0 spiro atoms. The quantitative estimate of drug-likeness (QED) is 0.885. The second-order valence-electron chi connectivity index (χ2n) is 7.43. The summed E-state index contributed by atoms with van der Waals surface area (Å²) in [6.07, 6.45) is 2.99. The van der Waals surface area contributed by atoms with Crippen LogP contribution in [-0.2, 0) is 16.0 Å². The predicted molar refractivity (Wildman–Crippen MR) is 100 cm³/mol. The van der Waals surface area contributed by atoms with Gasteiger partial charge in [0, 0.05) is 19.6 Å². The van der Waals surface area contributed by atoms with Crippen LogP contribution in [0.5, 0.6) is 0 Å². The topological polar surface area (TPSA) is 66.6 Å². The fourth-order valence-electron chi connectivity index (χ4n) is 3.78. The molecule has 0 saturated carbocycles. The van der Waals surface area contributed by atoms with E-state index in [1.54, 1.807) is 4.90 Å². The third kappa shape index (κ3) is 4.33. The lowest BCUT2D eigenvalue weighted by Gasteiger charge is -2.29. The standard InChI is InChI=1S/C19H27N3O2.ClH/c1-19(13-20)9-11-21(14-19)18(24)16-8-5-10-22(16)17(23)12-15-6-3-2-4-7-15;/h2-4,6-7,16H,5,8-14,20H2,1H3;1H. The molecule has 2 N–H and O–H groups in total. The summed E-state index contributed by atoms with van der Waals surface area (Å²) in [4.78, 5) is 29.3. The molecule has 2 aliphatic rings. The zero-order valence-electron chi connectivity index (χ0n) is 14.8. The molecule has 0 aromatic heterocycles. The number of hydrogen-bond acceptors (Lipinski definition) is 3. The van der Waals surface area contributed by atoms with Gasteiger partial charge in [0.1, 0.15) is 6.04 Å². The number of benzene rings is 1. The Morgan fingerprint density at radius 2 is 1.96 bits per heavy atom. The van der Waals surface area contributed by atoms with E-state index in [-0.39, 0.29) is 35.7 Å². The van der Waals surface area contributed by atoms with Crippen LogP contribution in [0.25, 0.3) is 0 Å². The highest BCUT2D eigenvalue weighted by Gasteiger charge is 2.41. The summed E-state index contributed by atoms with van der Waals surface area (Å²) in [5, 5.41) is 0. The van der Waals surface area contributed by atoms with E-state index in [1.165, 1.54) is 0 Å². The number of carbonyl (C=O) groups is 2. The van der Waals surface area contributed by atoms with Gasteiger partial charge in [-0.15, -0.1) is 12.4 Å². The number of rotatable bonds is 4. The van der Waals surface area contributed by atoms with Gasteiger partial charge in [0.15, 0.2) is 0 Å². The van der Waals surface area contributed by atoms with E-state index < -0.39 is 0 Å². The zero-order valence-corrected chi connectivity index (χ0v) is 15.6. The molecule has 25 heavy (non-hydrogen) atoms. The zero-order chi connectivity index (χ0) is 17.2. The third-order valence-electron chi connectivity index (χ3n) is 5.42. The van der Waals surface area contributed by atoms with Gasteiger partial charge in [-0.2, -0.15) is 0 Å². The molecule has 0 radical (unpaired) electrons. The maximum Gasteiger partial charge on any atom is 0.245 e. The molecule has 1 aromatic carbocycles. The molecular weight excluding hydrogens is 338 g/mol. The van der Waals surface area contributed by atoms with Crippen molar-refractivity contribution in [2.24, 2.45) is 11.1 Å². The summed E-state index contributed by atoms with van der Waals surface area (Å²) in [5.41, 5.74) is 6.86. The van der Waals surface area contributed by atoms with Gasteiger partial charge in [0.2, 0.25) is 11.8 Å². The van der Waals surface area contributed by atoms with Gasteiger partial charge in [-0.25, -0.2) is 0 Å². The Hall–Kier alpha value is -1.59. The fraction of sp³-hybridized carbons (Fsp3) is 0.579. The summed E-state index contributed by atoms with van der Waals surface area (Å²) in [6, 6.07) is 9.44. The number of nitrogens with two attached hydrogens (primary N) is 1. The van der Waals surface area contributed by atoms with Gasteiger partial charge in [0.25, 0.3) is 0 Å². The van der Waals surface area contributed by atoms with Crippen molar-refractivity contribution in [1.29, 1.82) is 0 Å². The third-order valence-corrected chi connectivity index (χ3v) is 5.42. The van der Waals surface area contributed by atoms with Crippen LogP contribution < -0.4 is 5.73 Å². The Bertz CT molecular complexity index is 610. The first-order chi connectivity index (χ1) is 11.5. The minimum absolute atomic E-state index is 0. The number of likely N-dealkylation sites (tertiary alicyclic amines) is 2. The van der Waals surface area contributed by atoms with E-state index in [9.17, 15) is 9.59 Å². The van der Waals surface area contributed by atoms with Crippen LogP contribution in [0.4, 0.5) is 0 Å². The molecule has 2 aliphatic heterocycles. The molecule has 2 heterocycles. The van der Waals surface area contributed by atoms with Crippen molar-refractivity contribution >= 4 is 24.2 Å². The molecule has 138 valence electrons. The van der Waals surface area contributed by atoms with E-state index in [1.807, 2.05) is 35.2 Å². The van der Waals surface area contributed by atoms with Gasteiger partial charge < -0.3 is 15.5 Å². The predicted octanol–water partition coefficient (Wildman–Crippen LogP) is 1.84. The van der Waals surface area contributed by atoms with Crippen molar-refractivity contribution in [3.8, 4) is 0 Å². The number of hydrogen-bond donors (Lipinski definition) is 1. The molecule has 2 amide bonds. The van der Waals surface area contributed by atoms with Crippen LogP contribution in [0.1, 0.15) is 31.7 Å². The molecule has 1 aromatic rings. The smallest absolute Gasteiger partial charge is 0.245 e. The largest absolute Gasteiger partial charge is 0.340 e. The van der Waals surface area contributed by atoms with Crippen molar-refractivity contribution in [3.05, 3.63) is 35.9 Å². The van der Waals surface area contributed by atoms with Gasteiger partial charge in [-0.1, -0.05) is 37.3 Å². The second-order valence-corrected chi connectivity index (χ2v) is 7.43. The van der Waals surface area contributed by atoms with Crippen LogP contribution in [0.2, 0.25) is 0 Å². The van der Waals surface area contributed by atoms with Crippen LogP contribution in [0.3, 0.4) is 0 Å². The van der Waals surface area contributed by atoms with Crippen molar-refractivity contribution in [2.45, 2.75) is 38.6 Å². The summed E-state index contributed by atoms with van der Waals surface area (Å²) < 4.78 is 0. The average Bonchev–Trinajstić information content (AvgIpc) is 3.23. The molecule has 3 rings (SSSR count). The summed E-state index contributed by atoms with van der Waals surface area (Å²) in [7, 11) is 0. The summed E-state index contributed by atoms with van der Waals surface area (Å²) >= 11 is 0. The van der Waals surface area contributed by atoms with Gasteiger partial charge in [0.05, 0.1) is 6.42 Å². The maximum absolute atomic E-state index is 12.9. The van der Waals surface area contributed by atoms with E-state index >= 15 is 0 Å². The molecular formula is C19H28ClN3O2. The number of nitrogens with zero attached hydrogens (tertiary/aromatic N) is 2. The molecule has 6 heteroatoms. The first-order valence-electron chi connectivity index (χ1n) is 8.85. The molecule has 2 saturated heterocycles.